The largest absolute Gasteiger partial charge is 0.465 e. The van der Waals surface area contributed by atoms with Gasteiger partial charge in [-0.3, -0.25) is 0 Å². The number of benzene rings is 1. The van der Waals surface area contributed by atoms with Crippen molar-refractivity contribution in [3.63, 3.8) is 0 Å². The van der Waals surface area contributed by atoms with Gasteiger partial charge in [0, 0.05) is 6.04 Å². The molecule has 1 aromatic carbocycles. The lowest BCUT2D eigenvalue weighted by Crippen LogP contribution is -2.22. The summed E-state index contributed by atoms with van der Waals surface area (Å²) in [6.45, 7) is 8.44. The van der Waals surface area contributed by atoms with E-state index in [1.165, 1.54) is 11.1 Å². The van der Waals surface area contributed by atoms with Crippen LogP contribution in [0.5, 0.6) is 0 Å². The lowest BCUT2D eigenvalue weighted by atomic mass is 10.0. The molecule has 1 N–H and O–H groups in total. The predicted octanol–water partition coefficient (Wildman–Crippen LogP) is 4.31. The summed E-state index contributed by atoms with van der Waals surface area (Å²) in [5, 5.41) is 3.57. The van der Waals surface area contributed by atoms with E-state index in [9.17, 15) is 0 Å². The predicted molar refractivity (Wildman–Crippen MR) is 74.6 cm³/mol. The molecule has 0 bridgehead atoms. The zero-order valence-corrected chi connectivity index (χ0v) is 11.5. The maximum atomic E-state index is 5.65. The molecule has 2 rings (SSSR count). The third kappa shape index (κ3) is 2.82. The average Bonchev–Trinajstić information content (AvgIpc) is 2.76. The lowest BCUT2D eigenvalue weighted by molar-refractivity contribution is 0.392. The summed E-state index contributed by atoms with van der Waals surface area (Å²) in [5.74, 6) is 1.95. The van der Waals surface area contributed by atoms with Gasteiger partial charge in [-0.25, -0.2) is 0 Å². The van der Waals surface area contributed by atoms with Gasteiger partial charge >= 0.3 is 0 Å². The van der Waals surface area contributed by atoms with E-state index in [-0.39, 0.29) is 6.04 Å². The summed E-state index contributed by atoms with van der Waals surface area (Å²) in [7, 11) is 0. The van der Waals surface area contributed by atoms with Crippen LogP contribution in [0.1, 0.15) is 48.6 Å². The minimum absolute atomic E-state index is 0.216. The van der Waals surface area contributed by atoms with E-state index in [1.54, 1.807) is 0 Å². The van der Waals surface area contributed by atoms with Crippen molar-refractivity contribution in [1.82, 2.24) is 5.32 Å². The van der Waals surface area contributed by atoms with E-state index in [1.807, 2.05) is 19.1 Å². The van der Waals surface area contributed by atoms with Gasteiger partial charge in [0.15, 0.2) is 0 Å². The van der Waals surface area contributed by atoms with E-state index in [2.05, 4.69) is 50.4 Å². The molecular weight excluding hydrogens is 222 g/mol. The summed E-state index contributed by atoms with van der Waals surface area (Å²) >= 11 is 0. The van der Waals surface area contributed by atoms with Gasteiger partial charge in [-0.1, -0.05) is 24.3 Å². The van der Waals surface area contributed by atoms with Crippen LogP contribution in [0.25, 0.3) is 0 Å². The monoisotopic (exact) mass is 243 g/mol. The van der Waals surface area contributed by atoms with Crippen LogP contribution in [0, 0.1) is 13.8 Å². The number of hydrogen-bond acceptors (Lipinski definition) is 2. The van der Waals surface area contributed by atoms with Crippen molar-refractivity contribution >= 4 is 0 Å². The number of rotatable bonds is 4. The van der Waals surface area contributed by atoms with Gasteiger partial charge in [-0.2, -0.15) is 0 Å². The van der Waals surface area contributed by atoms with Crippen LogP contribution < -0.4 is 5.32 Å². The third-order valence-corrected chi connectivity index (χ3v) is 3.34. The first-order valence-electron chi connectivity index (χ1n) is 6.46. The highest BCUT2D eigenvalue weighted by atomic mass is 16.3. The molecule has 2 nitrogen and oxygen atoms in total. The van der Waals surface area contributed by atoms with Crippen molar-refractivity contribution in [2.45, 2.75) is 39.8 Å². The fourth-order valence-corrected chi connectivity index (χ4v) is 2.31. The van der Waals surface area contributed by atoms with Gasteiger partial charge in [0.2, 0.25) is 0 Å². The second kappa shape index (κ2) is 5.40. The first kappa shape index (κ1) is 12.9. The van der Waals surface area contributed by atoms with E-state index >= 15 is 0 Å². The molecule has 18 heavy (non-hydrogen) atoms. The van der Waals surface area contributed by atoms with Crippen LogP contribution in [0.2, 0.25) is 0 Å². The summed E-state index contributed by atoms with van der Waals surface area (Å²) in [6, 6.07) is 13.1. The molecule has 1 unspecified atom stereocenters. The van der Waals surface area contributed by atoms with E-state index in [4.69, 9.17) is 4.42 Å². The quantitative estimate of drug-likeness (QED) is 0.865. The first-order chi connectivity index (χ1) is 8.58. The first-order valence-corrected chi connectivity index (χ1v) is 6.46. The molecular formula is C16H21NO. The molecule has 1 aromatic heterocycles. The maximum Gasteiger partial charge on any atom is 0.120 e. The Morgan fingerprint density at radius 3 is 2.28 bits per heavy atom. The molecule has 0 aliphatic heterocycles. The number of furan rings is 1. The van der Waals surface area contributed by atoms with Crippen molar-refractivity contribution in [2.75, 3.05) is 0 Å². The van der Waals surface area contributed by atoms with Gasteiger partial charge in [0.25, 0.3) is 0 Å². The Labute approximate surface area is 109 Å². The Morgan fingerprint density at radius 2 is 1.67 bits per heavy atom. The van der Waals surface area contributed by atoms with Crippen molar-refractivity contribution in [1.29, 1.82) is 0 Å². The fourth-order valence-electron chi connectivity index (χ4n) is 2.31. The zero-order chi connectivity index (χ0) is 13.1. The lowest BCUT2D eigenvalue weighted by Gasteiger charge is -2.20. The van der Waals surface area contributed by atoms with Gasteiger partial charge in [-0.15, -0.1) is 0 Å². The Balaban J connectivity index is 2.08. The summed E-state index contributed by atoms with van der Waals surface area (Å²) < 4.78 is 5.65. The van der Waals surface area contributed by atoms with Gasteiger partial charge < -0.3 is 9.73 Å². The molecule has 0 saturated heterocycles. The Kier molecular flexibility index (Phi) is 3.87. The molecule has 2 atom stereocenters. The van der Waals surface area contributed by atoms with E-state index in [0.29, 0.717) is 6.04 Å². The summed E-state index contributed by atoms with van der Waals surface area (Å²) in [6.07, 6.45) is 0. The van der Waals surface area contributed by atoms with Crippen LogP contribution >= 0.6 is 0 Å². The smallest absolute Gasteiger partial charge is 0.120 e. The molecule has 0 aliphatic carbocycles. The van der Waals surface area contributed by atoms with Crippen LogP contribution in [-0.2, 0) is 0 Å². The Hall–Kier alpha value is -1.54. The summed E-state index contributed by atoms with van der Waals surface area (Å²) in [4.78, 5) is 0. The SMILES string of the molecule is Cc1ccc(C(C)N[C@@H](C)c2ccccc2C)o1. The molecule has 0 fully saturated rings. The molecule has 0 spiro atoms. The number of aryl methyl sites for hydroxylation is 2. The molecule has 2 heteroatoms. The number of hydrogen-bond donors (Lipinski definition) is 1. The van der Waals surface area contributed by atoms with Gasteiger partial charge in [0.1, 0.15) is 11.5 Å². The fraction of sp³-hybridized carbons (Fsp3) is 0.375. The van der Waals surface area contributed by atoms with Crippen molar-refractivity contribution in [3.05, 3.63) is 59.0 Å². The standard InChI is InChI=1S/C16H21NO/c1-11-7-5-6-8-15(11)13(3)17-14(4)16-10-9-12(2)18-16/h5-10,13-14,17H,1-4H3/t13-,14?/m0/s1. The van der Waals surface area contributed by atoms with Crippen LogP contribution in [0.4, 0.5) is 0 Å². The average molecular weight is 243 g/mol. The Morgan fingerprint density at radius 1 is 0.944 bits per heavy atom. The van der Waals surface area contributed by atoms with Crippen LogP contribution in [0.3, 0.4) is 0 Å². The number of nitrogens with one attached hydrogen (secondary N) is 1. The maximum absolute atomic E-state index is 5.65. The second-order valence-electron chi connectivity index (χ2n) is 4.92. The molecule has 0 aliphatic rings. The minimum atomic E-state index is 0.216. The van der Waals surface area contributed by atoms with Crippen molar-refractivity contribution < 1.29 is 4.42 Å². The highest BCUT2D eigenvalue weighted by Gasteiger charge is 2.14. The Bertz CT molecular complexity index is 515. The van der Waals surface area contributed by atoms with Crippen LogP contribution in [0.15, 0.2) is 40.8 Å². The molecule has 2 aromatic rings. The minimum Gasteiger partial charge on any atom is -0.465 e. The molecule has 0 radical (unpaired) electrons. The van der Waals surface area contributed by atoms with Crippen molar-refractivity contribution in [3.8, 4) is 0 Å². The normalized spacial score (nSPS) is 14.4. The molecule has 0 saturated carbocycles. The molecule has 0 amide bonds. The molecule has 1 heterocycles. The third-order valence-electron chi connectivity index (χ3n) is 3.34. The topological polar surface area (TPSA) is 25.2 Å². The summed E-state index contributed by atoms with van der Waals surface area (Å²) in [5.41, 5.74) is 2.66. The van der Waals surface area contributed by atoms with Gasteiger partial charge in [0.05, 0.1) is 6.04 Å². The van der Waals surface area contributed by atoms with E-state index < -0.39 is 0 Å². The molecule has 96 valence electrons. The highest BCUT2D eigenvalue weighted by molar-refractivity contribution is 5.28. The zero-order valence-electron chi connectivity index (χ0n) is 11.5. The highest BCUT2D eigenvalue weighted by Crippen LogP contribution is 2.22. The van der Waals surface area contributed by atoms with Crippen molar-refractivity contribution in [2.24, 2.45) is 0 Å². The second-order valence-corrected chi connectivity index (χ2v) is 4.92. The van der Waals surface area contributed by atoms with Gasteiger partial charge in [-0.05, 0) is 51.0 Å². The van der Waals surface area contributed by atoms with E-state index in [0.717, 1.165) is 11.5 Å². The van der Waals surface area contributed by atoms with Crippen LogP contribution in [-0.4, -0.2) is 0 Å².